The van der Waals surface area contributed by atoms with Gasteiger partial charge in [0, 0.05) is 24.5 Å². The van der Waals surface area contributed by atoms with Crippen molar-refractivity contribution in [2.75, 3.05) is 16.8 Å². The second-order valence-electron chi connectivity index (χ2n) is 7.76. The molecule has 1 saturated heterocycles. The Bertz CT molecular complexity index is 1060. The molecule has 1 aliphatic rings. The molecule has 0 saturated carbocycles. The minimum atomic E-state index is -4.62. The smallest absolute Gasteiger partial charge is 0.369 e. The Morgan fingerprint density at radius 2 is 1.91 bits per heavy atom. The minimum absolute atomic E-state index is 0.00836. The SMILES string of the molecule is Cc1cc(C(F)(F)F)cc(N2[C@H](C(=O)N(C)c3ccc(F)c(Cl)c3)C[C@H](C(N)=O)[C@@H]2C)n1. The Balaban J connectivity index is 2.05. The Kier molecular flexibility index (Phi) is 6.37. The van der Waals surface area contributed by atoms with E-state index in [-0.39, 0.29) is 28.6 Å². The van der Waals surface area contributed by atoms with Crippen LogP contribution in [0, 0.1) is 18.7 Å². The van der Waals surface area contributed by atoms with Gasteiger partial charge in [-0.15, -0.1) is 0 Å². The number of aryl methyl sites for hydroxylation is 1. The maximum atomic E-state index is 13.5. The number of pyridine rings is 1. The molecular formula is C21H21ClF4N4O2. The zero-order valence-corrected chi connectivity index (χ0v) is 18.2. The molecule has 2 aromatic rings. The maximum Gasteiger partial charge on any atom is 0.416 e. The molecule has 1 aliphatic heterocycles. The Labute approximate surface area is 186 Å². The Hall–Kier alpha value is -2.88. The molecular weight excluding hydrogens is 452 g/mol. The molecule has 1 aromatic heterocycles. The summed E-state index contributed by atoms with van der Waals surface area (Å²) in [7, 11) is 1.43. The monoisotopic (exact) mass is 472 g/mol. The maximum absolute atomic E-state index is 13.5. The van der Waals surface area contributed by atoms with Crippen molar-refractivity contribution in [3.63, 3.8) is 0 Å². The summed E-state index contributed by atoms with van der Waals surface area (Å²) < 4.78 is 53.6. The lowest BCUT2D eigenvalue weighted by molar-refractivity contribution is -0.137. The third kappa shape index (κ3) is 4.50. The molecule has 2 amide bonds. The number of hydrogen-bond donors (Lipinski definition) is 1. The molecule has 0 bridgehead atoms. The molecule has 2 N–H and O–H groups in total. The van der Waals surface area contributed by atoms with Crippen molar-refractivity contribution in [3.8, 4) is 0 Å². The van der Waals surface area contributed by atoms with Crippen molar-refractivity contribution in [1.82, 2.24) is 4.98 Å². The van der Waals surface area contributed by atoms with Crippen LogP contribution < -0.4 is 15.5 Å². The van der Waals surface area contributed by atoms with Crippen LogP contribution in [0.2, 0.25) is 5.02 Å². The Morgan fingerprint density at radius 1 is 1.25 bits per heavy atom. The van der Waals surface area contributed by atoms with Gasteiger partial charge in [0.05, 0.1) is 16.5 Å². The van der Waals surface area contributed by atoms with Crippen LogP contribution in [0.1, 0.15) is 24.6 Å². The summed E-state index contributed by atoms with van der Waals surface area (Å²) >= 11 is 5.81. The first-order chi connectivity index (χ1) is 14.8. The van der Waals surface area contributed by atoms with Gasteiger partial charge in [-0.3, -0.25) is 9.59 Å². The lowest BCUT2D eigenvalue weighted by Gasteiger charge is -2.32. The van der Waals surface area contributed by atoms with E-state index in [1.54, 1.807) is 6.92 Å². The highest BCUT2D eigenvalue weighted by Crippen LogP contribution is 2.38. The van der Waals surface area contributed by atoms with Crippen molar-refractivity contribution in [2.24, 2.45) is 11.7 Å². The van der Waals surface area contributed by atoms with E-state index in [1.165, 1.54) is 35.9 Å². The standard InChI is InChI=1S/C21H21ClF4N4O2/c1-10-6-12(21(24,25)26)7-18(28-10)30-11(2)14(19(27)31)9-17(30)20(32)29(3)13-4-5-16(23)15(22)8-13/h4-8,11,14,17H,9H2,1-3H3,(H2,27,31)/t11-,14-,17-/m0/s1. The fourth-order valence-electron chi connectivity index (χ4n) is 3.96. The first kappa shape index (κ1) is 23.8. The number of nitrogens with two attached hydrogens (primary N) is 1. The summed E-state index contributed by atoms with van der Waals surface area (Å²) in [5.41, 5.74) is 4.96. The van der Waals surface area contributed by atoms with Gasteiger partial charge in [-0.1, -0.05) is 11.6 Å². The van der Waals surface area contributed by atoms with Gasteiger partial charge in [0.1, 0.15) is 17.7 Å². The van der Waals surface area contributed by atoms with Gasteiger partial charge < -0.3 is 15.5 Å². The molecule has 32 heavy (non-hydrogen) atoms. The quantitative estimate of drug-likeness (QED) is 0.684. The van der Waals surface area contributed by atoms with E-state index < -0.39 is 47.4 Å². The van der Waals surface area contributed by atoms with Gasteiger partial charge in [-0.25, -0.2) is 9.37 Å². The van der Waals surface area contributed by atoms with E-state index in [9.17, 15) is 27.2 Å². The number of amides is 2. The third-order valence-corrected chi connectivity index (χ3v) is 5.93. The highest BCUT2D eigenvalue weighted by molar-refractivity contribution is 6.31. The molecule has 0 spiro atoms. The van der Waals surface area contributed by atoms with E-state index in [1.807, 2.05) is 0 Å². The highest BCUT2D eigenvalue weighted by atomic mass is 35.5. The van der Waals surface area contributed by atoms with Crippen molar-refractivity contribution >= 4 is 34.9 Å². The van der Waals surface area contributed by atoms with Gasteiger partial charge in [0.25, 0.3) is 0 Å². The lowest BCUT2D eigenvalue weighted by atomic mass is 9.99. The number of likely N-dealkylation sites (N-methyl/N-ethyl adjacent to an activating group) is 1. The van der Waals surface area contributed by atoms with E-state index in [0.717, 1.165) is 18.2 Å². The van der Waals surface area contributed by atoms with Crippen LogP contribution in [0.3, 0.4) is 0 Å². The summed E-state index contributed by atoms with van der Waals surface area (Å²) in [5.74, 6) is -2.73. The highest BCUT2D eigenvalue weighted by Gasteiger charge is 2.47. The number of anilines is 2. The summed E-state index contributed by atoms with van der Waals surface area (Å²) in [6, 6.07) is 3.76. The molecule has 2 heterocycles. The number of benzene rings is 1. The average Bonchev–Trinajstić information content (AvgIpc) is 3.05. The van der Waals surface area contributed by atoms with Crippen LogP contribution >= 0.6 is 11.6 Å². The van der Waals surface area contributed by atoms with Gasteiger partial charge in [-0.05, 0) is 50.6 Å². The predicted octanol–water partition coefficient (Wildman–Crippen LogP) is 3.93. The number of carbonyl (C=O) groups is 2. The molecule has 0 unspecified atom stereocenters. The van der Waals surface area contributed by atoms with Crippen LogP contribution in [0.15, 0.2) is 30.3 Å². The molecule has 3 rings (SSSR count). The molecule has 0 radical (unpaired) electrons. The van der Waals surface area contributed by atoms with Gasteiger partial charge >= 0.3 is 6.18 Å². The predicted molar refractivity (Wildman–Crippen MR) is 112 cm³/mol. The van der Waals surface area contributed by atoms with E-state index >= 15 is 0 Å². The van der Waals surface area contributed by atoms with E-state index in [4.69, 9.17) is 17.3 Å². The number of carbonyl (C=O) groups excluding carboxylic acids is 2. The fourth-order valence-corrected chi connectivity index (χ4v) is 4.14. The number of nitrogens with zero attached hydrogens (tertiary/aromatic N) is 3. The van der Waals surface area contributed by atoms with Crippen LogP contribution in [0.5, 0.6) is 0 Å². The lowest BCUT2D eigenvalue weighted by Crippen LogP contribution is -2.47. The molecule has 1 fully saturated rings. The second-order valence-corrected chi connectivity index (χ2v) is 8.16. The van der Waals surface area contributed by atoms with E-state index in [2.05, 4.69) is 4.98 Å². The van der Waals surface area contributed by atoms with Crippen molar-refractivity contribution in [3.05, 3.63) is 52.4 Å². The van der Waals surface area contributed by atoms with Gasteiger partial charge in [0.15, 0.2) is 0 Å². The van der Waals surface area contributed by atoms with Gasteiger partial charge in [0.2, 0.25) is 11.8 Å². The minimum Gasteiger partial charge on any atom is -0.369 e. The van der Waals surface area contributed by atoms with E-state index in [0.29, 0.717) is 0 Å². The van der Waals surface area contributed by atoms with Crippen LogP contribution in [-0.4, -0.2) is 35.9 Å². The molecule has 6 nitrogen and oxygen atoms in total. The zero-order chi connectivity index (χ0) is 24.0. The first-order valence-corrected chi connectivity index (χ1v) is 10.0. The number of aromatic nitrogens is 1. The number of rotatable bonds is 4. The Morgan fingerprint density at radius 3 is 2.47 bits per heavy atom. The number of alkyl halides is 3. The number of halogens is 5. The summed E-state index contributed by atoms with van der Waals surface area (Å²) in [5, 5.41) is -0.191. The van der Waals surface area contributed by atoms with Crippen LogP contribution in [0.4, 0.5) is 29.1 Å². The molecule has 11 heteroatoms. The number of hydrogen-bond acceptors (Lipinski definition) is 4. The second kappa shape index (κ2) is 8.57. The third-order valence-electron chi connectivity index (χ3n) is 5.64. The van der Waals surface area contributed by atoms with Crippen molar-refractivity contribution in [2.45, 2.75) is 38.5 Å². The fraction of sp³-hybridized carbons (Fsp3) is 0.381. The molecule has 1 aromatic carbocycles. The summed E-state index contributed by atoms with van der Waals surface area (Å²) in [6.07, 6.45) is -4.62. The number of primary amides is 1. The van der Waals surface area contributed by atoms with Crippen LogP contribution in [-0.2, 0) is 15.8 Å². The average molecular weight is 473 g/mol. The molecule has 172 valence electrons. The summed E-state index contributed by atoms with van der Waals surface area (Å²) in [6.45, 7) is 3.02. The van der Waals surface area contributed by atoms with Gasteiger partial charge in [-0.2, -0.15) is 13.2 Å². The molecule has 3 atom stereocenters. The normalized spacial score (nSPS) is 21.0. The van der Waals surface area contributed by atoms with Crippen molar-refractivity contribution < 1.29 is 27.2 Å². The first-order valence-electron chi connectivity index (χ1n) is 9.67. The summed E-state index contributed by atoms with van der Waals surface area (Å²) in [4.78, 5) is 32.1. The largest absolute Gasteiger partial charge is 0.416 e. The van der Waals surface area contributed by atoms with Crippen LogP contribution in [0.25, 0.3) is 0 Å². The topological polar surface area (TPSA) is 79.5 Å². The molecule has 0 aliphatic carbocycles. The zero-order valence-electron chi connectivity index (χ0n) is 17.5. The van der Waals surface area contributed by atoms with Crippen molar-refractivity contribution in [1.29, 1.82) is 0 Å².